The van der Waals surface area contributed by atoms with Crippen LogP contribution < -0.4 is 10.1 Å². The number of aryl methyl sites for hydroxylation is 2. The zero-order chi connectivity index (χ0) is 16.1. The Bertz CT molecular complexity index is 643. The SMILES string of the molecule is CCc1cccc(C)c1NCC(C)Oc1ccc(Cl)cc1Cl. The van der Waals surface area contributed by atoms with E-state index in [-0.39, 0.29) is 6.10 Å². The van der Waals surface area contributed by atoms with Gasteiger partial charge in [-0.15, -0.1) is 0 Å². The van der Waals surface area contributed by atoms with Crippen molar-refractivity contribution in [1.29, 1.82) is 0 Å². The van der Waals surface area contributed by atoms with Gasteiger partial charge in [-0.1, -0.05) is 48.3 Å². The Balaban J connectivity index is 2.00. The van der Waals surface area contributed by atoms with Crippen LogP contribution in [0.15, 0.2) is 36.4 Å². The molecule has 0 heterocycles. The van der Waals surface area contributed by atoms with Crippen molar-refractivity contribution in [2.45, 2.75) is 33.3 Å². The maximum atomic E-state index is 6.13. The molecule has 1 N–H and O–H groups in total. The van der Waals surface area contributed by atoms with Gasteiger partial charge in [0.15, 0.2) is 0 Å². The van der Waals surface area contributed by atoms with Crippen LogP contribution in [-0.2, 0) is 6.42 Å². The molecule has 0 saturated heterocycles. The summed E-state index contributed by atoms with van der Waals surface area (Å²) >= 11 is 12.0. The van der Waals surface area contributed by atoms with E-state index in [0.717, 1.165) is 6.42 Å². The van der Waals surface area contributed by atoms with Crippen LogP contribution >= 0.6 is 23.2 Å². The molecule has 1 unspecified atom stereocenters. The molecule has 0 aromatic heterocycles. The van der Waals surface area contributed by atoms with Crippen LogP contribution in [0.1, 0.15) is 25.0 Å². The number of ether oxygens (including phenoxy) is 1. The van der Waals surface area contributed by atoms with Gasteiger partial charge in [0.2, 0.25) is 0 Å². The zero-order valence-corrected chi connectivity index (χ0v) is 14.6. The van der Waals surface area contributed by atoms with E-state index in [1.54, 1.807) is 18.2 Å². The summed E-state index contributed by atoms with van der Waals surface area (Å²) in [4.78, 5) is 0. The Morgan fingerprint density at radius 2 is 1.95 bits per heavy atom. The van der Waals surface area contributed by atoms with E-state index < -0.39 is 0 Å². The highest BCUT2D eigenvalue weighted by atomic mass is 35.5. The second-order valence-electron chi connectivity index (χ2n) is 5.35. The molecule has 118 valence electrons. The summed E-state index contributed by atoms with van der Waals surface area (Å²) in [5.74, 6) is 0.654. The molecule has 0 bridgehead atoms. The fraction of sp³-hybridized carbons (Fsp3) is 0.333. The van der Waals surface area contributed by atoms with Crippen molar-refractivity contribution in [2.24, 2.45) is 0 Å². The predicted octanol–water partition coefficient (Wildman–Crippen LogP) is 5.74. The fourth-order valence-corrected chi connectivity index (χ4v) is 2.80. The summed E-state index contributed by atoms with van der Waals surface area (Å²) in [6, 6.07) is 11.6. The van der Waals surface area contributed by atoms with E-state index in [2.05, 4.69) is 37.4 Å². The van der Waals surface area contributed by atoms with Crippen molar-refractivity contribution in [1.82, 2.24) is 0 Å². The topological polar surface area (TPSA) is 21.3 Å². The Morgan fingerprint density at radius 3 is 2.64 bits per heavy atom. The Kier molecular flexibility index (Phi) is 5.98. The highest BCUT2D eigenvalue weighted by molar-refractivity contribution is 6.35. The molecule has 4 heteroatoms. The molecule has 2 rings (SSSR count). The number of rotatable bonds is 6. The van der Waals surface area contributed by atoms with Crippen LogP contribution in [0.5, 0.6) is 5.75 Å². The number of para-hydroxylation sites is 1. The van der Waals surface area contributed by atoms with Gasteiger partial charge < -0.3 is 10.1 Å². The first kappa shape index (κ1) is 17.0. The maximum absolute atomic E-state index is 6.13. The van der Waals surface area contributed by atoms with E-state index in [4.69, 9.17) is 27.9 Å². The lowest BCUT2D eigenvalue weighted by Crippen LogP contribution is -2.23. The molecule has 22 heavy (non-hydrogen) atoms. The van der Waals surface area contributed by atoms with Crippen molar-refractivity contribution in [3.8, 4) is 5.75 Å². The molecular formula is C18H21Cl2NO. The van der Waals surface area contributed by atoms with Crippen LogP contribution in [-0.4, -0.2) is 12.6 Å². The van der Waals surface area contributed by atoms with E-state index in [1.165, 1.54) is 16.8 Å². The van der Waals surface area contributed by atoms with Gasteiger partial charge in [-0.3, -0.25) is 0 Å². The summed E-state index contributed by atoms with van der Waals surface area (Å²) in [5, 5.41) is 4.63. The molecule has 0 amide bonds. The quantitative estimate of drug-likeness (QED) is 0.725. The van der Waals surface area contributed by atoms with Crippen molar-refractivity contribution >= 4 is 28.9 Å². The molecule has 1 atom stereocenters. The van der Waals surface area contributed by atoms with Crippen molar-refractivity contribution in [3.63, 3.8) is 0 Å². The summed E-state index contributed by atoms with van der Waals surface area (Å²) in [6.07, 6.45) is 0.991. The third kappa shape index (κ3) is 4.31. The molecule has 0 aliphatic carbocycles. The van der Waals surface area contributed by atoms with Gasteiger partial charge in [0, 0.05) is 10.7 Å². The second-order valence-corrected chi connectivity index (χ2v) is 6.19. The second kappa shape index (κ2) is 7.75. The van der Waals surface area contributed by atoms with Crippen molar-refractivity contribution in [2.75, 3.05) is 11.9 Å². The molecule has 2 aromatic carbocycles. The molecule has 0 aliphatic heterocycles. The third-order valence-electron chi connectivity index (χ3n) is 3.53. The van der Waals surface area contributed by atoms with Crippen molar-refractivity contribution < 1.29 is 4.74 Å². The average molecular weight is 338 g/mol. The first-order valence-electron chi connectivity index (χ1n) is 7.45. The number of halogens is 2. The van der Waals surface area contributed by atoms with Gasteiger partial charge in [-0.25, -0.2) is 0 Å². The lowest BCUT2D eigenvalue weighted by atomic mass is 10.1. The van der Waals surface area contributed by atoms with Gasteiger partial charge in [0.25, 0.3) is 0 Å². The minimum Gasteiger partial charge on any atom is -0.487 e. The summed E-state index contributed by atoms with van der Waals surface area (Å²) in [6.45, 7) is 7.00. The highest BCUT2D eigenvalue weighted by Gasteiger charge is 2.10. The molecule has 0 aliphatic rings. The van der Waals surface area contributed by atoms with Gasteiger partial charge in [-0.05, 0) is 49.6 Å². The molecule has 0 radical (unpaired) electrons. The molecule has 0 saturated carbocycles. The summed E-state index contributed by atoms with van der Waals surface area (Å²) < 4.78 is 5.88. The highest BCUT2D eigenvalue weighted by Crippen LogP contribution is 2.28. The molecule has 0 fully saturated rings. The standard InChI is InChI=1S/C18H21Cl2NO/c1-4-14-7-5-6-12(2)18(14)21-11-13(3)22-17-9-8-15(19)10-16(17)20/h5-10,13,21H,4,11H2,1-3H3. The lowest BCUT2D eigenvalue weighted by Gasteiger charge is -2.19. The number of anilines is 1. The van der Waals surface area contributed by atoms with E-state index >= 15 is 0 Å². The van der Waals surface area contributed by atoms with Crippen LogP contribution in [0, 0.1) is 6.92 Å². The molecule has 0 spiro atoms. The lowest BCUT2D eigenvalue weighted by molar-refractivity contribution is 0.235. The van der Waals surface area contributed by atoms with Crippen molar-refractivity contribution in [3.05, 3.63) is 57.6 Å². The van der Waals surface area contributed by atoms with Gasteiger partial charge >= 0.3 is 0 Å². The Morgan fingerprint density at radius 1 is 1.18 bits per heavy atom. The van der Waals surface area contributed by atoms with Crippen LogP contribution in [0.25, 0.3) is 0 Å². The maximum Gasteiger partial charge on any atom is 0.138 e. The average Bonchev–Trinajstić information content (AvgIpc) is 2.48. The smallest absolute Gasteiger partial charge is 0.138 e. The number of hydrogen-bond acceptors (Lipinski definition) is 2. The van der Waals surface area contributed by atoms with E-state index in [1.807, 2.05) is 6.92 Å². The van der Waals surface area contributed by atoms with Crippen LogP contribution in [0.4, 0.5) is 5.69 Å². The first-order valence-corrected chi connectivity index (χ1v) is 8.21. The zero-order valence-electron chi connectivity index (χ0n) is 13.1. The van der Waals surface area contributed by atoms with E-state index in [0.29, 0.717) is 22.3 Å². The molecule has 2 nitrogen and oxygen atoms in total. The summed E-state index contributed by atoms with van der Waals surface area (Å²) in [7, 11) is 0. The minimum atomic E-state index is -0.0111. The minimum absolute atomic E-state index is 0.0111. The van der Waals surface area contributed by atoms with Crippen LogP contribution in [0.2, 0.25) is 10.0 Å². The fourth-order valence-electron chi connectivity index (χ4n) is 2.35. The largest absolute Gasteiger partial charge is 0.487 e. The van der Waals surface area contributed by atoms with Gasteiger partial charge in [-0.2, -0.15) is 0 Å². The number of hydrogen-bond donors (Lipinski definition) is 1. The van der Waals surface area contributed by atoms with E-state index in [9.17, 15) is 0 Å². The summed E-state index contributed by atoms with van der Waals surface area (Å²) in [5.41, 5.74) is 3.76. The Labute approximate surface area is 142 Å². The van der Waals surface area contributed by atoms with Gasteiger partial charge in [0.1, 0.15) is 11.9 Å². The number of benzene rings is 2. The van der Waals surface area contributed by atoms with Crippen LogP contribution in [0.3, 0.4) is 0 Å². The monoisotopic (exact) mass is 337 g/mol. The predicted molar refractivity (Wildman–Crippen MR) is 95.6 cm³/mol. The molecule has 2 aromatic rings. The molecular weight excluding hydrogens is 317 g/mol. The number of nitrogens with one attached hydrogen (secondary N) is 1. The normalized spacial score (nSPS) is 12.0. The van der Waals surface area contributed by atoms with Gasteiger partial charge in [0.05, 0.1) is 11.6 Å². The third-order valence-corrected chi connectivity index (χ3v) is 4.06. The Hall–Kier alpha value is -1.38. The first-order chi connectivity index (χ1) is 10.5.